The van der Waals surface area contributed by atoms with Gasteiger partial charge in [-0.25, -0.2) is 0 Å². The average molecular weight is 517 g/mol. The van der Waals surface area contributed by atoms with Crippen LogP contribution in [0.1, 0.15) is 54.3 Å². The highest BCUT2D eigenvalue weighted by atomic mass is 32.1. The van der Waals surface area contributed by atoms with Crippen LogP contribution in [0, 0.1) is 0 Å². The Morgan fingerprint density at radius 1 is 1.00 bits per heavy atom. The number of aromatic amines is 1. The Hall–Kier alpha value is -3.78. The number of carbonyl (C=O) groups is 3. The van der Waals surface area contributed by atoms with Crippen molar-refractivity contribution in [1.82, 2.24) is 20.6 Å². The number of H-pyrrole nitrogens is 1. The summed E-state index contributed by atoms with van der Waals surface area (Å²) in [4.78, 5) is 45.0. The number of thiazole rings is 1. The summed E-state index contributed by atoms with van der Waals surface area (Å²) >= 11 is 1.24. The molecule has 0 aliphatic heterocycles. The molecule has 1 atom stereocenters. The Balaban J connectivity index is 1.42. The normalized spacial score (nSPS) is 11.8. The number of rotatable bonds is 13. The maximum Gasteiger partial charge on any atom is 0.263 e. The van der Waals surface area contributed by atoms with Crippen molar-refractivity contribution in [3.05, 3.63) is 76.7 Å². The maximum atomic E-state index is 13.2. The van der Waals surface area contributed by atoms with Gasteiger partial charge < -0.3 is 20.4 Å². The molecule has 2 aromatic heterocycles. The van der Waals surface area contributed by atoms with E-state index >= 15 is 0 Å². The SMILES string of the molecule is CC(=O)CCCCCC(NC(=O)c1cncs1)C(=O)NCCc1c(-c2ccccc2)[nH]c2ccccc12. The lowest BCUT2D eigenvalue weighted by Crippen LogP contribution is -2.47. The van der Waals surface area contributed by atoms with Crippen LogP contribution in [-0.2, 0) is 16.0 Å². The van der Waals surface area contributed by atoms with Gasteiger partial charge in [-0.3, -0.25) is 14.6 Å². The second-order valence-electron chi connectivity index (χ2n) is 9.12. The van der Waals surface area contributed by atoms with Crippen LogP contribution in [0.25, 0.3) is 22.2 Å². The van der Waals surface area contributed by atoms with Crippen molar-refractivity contribution in [3.8, 4) is 11.3 Å². The van der Waals surface area contributed by atoms with Gasteiger partial charge in [0.1, 0.15) is 16.7 Å². The highest BCUT2D eigenvalue weighted by Gasteiger charge is 2.22. The molecule has 2 amide bonds. The number of Topliss-reactive ketones (excluding diaryl/α,β-unsaturated/α-hetero) is 1. The van der Waals surface area contributed by atoms with E-state index in [1.807, 2.05) is 30.3 Å². The van der Waals surface area contributed by atoms with Crippen molar-refractivity contribution in [3.63, 3.8) is 0 Å². The number of carbonyl (C=O) groups excluding carboxylic acids is 3. The van der Waals surface area contributed by atoms with E-state index in [4.69, 9.17) is 0 Å². The van der Waals surface area contributed by atoms with Crippen molar-refractivity contribution in [1.29, 1.82) is 0 Å². The number of nitrogens with one attached hydrogen (secondary N) is 3. The van der Waals surface area contributed by atoms with Crippen LogP contribution in [-0.4, -0.2) is 40.2 Å². The zero-order valence-corrected chi connectivity index (χ0v) is 21.8. The first-order chi connectivity index (χ1) is 18.0. The molecule has 0 bridgehead atoms. The van der Waals surface area contributed by atoms with Gasteiger partial charge in [0, 0.05) is 29.6 Å². The topological polar surface area (TPSA) is 104 Å². The van der Waals surface area contributed by atoms with Gasteiger partial charge in [0.15, 0.2) is 0 Å². The number of hydrogen-bond donors (Lipinski definition) is 3. The summed E-state index contributed by atoms with van der Waals surface area (Å²) in [7, 11) is 0. The fourth-order valence-corrected chi connectivity index (χ4v) is 4.99. The Labute approximate surface area is 220 Å². The third kappa shape index (κ3) is 7.13. The van der Waals surface area contributed by atoms with Crippen molar-refractivity contribution < 1.29 is 14.4 Å². The van der Waals surface area contributed by atoms with E-state index in [1.165, 1.54) is 17.5 Å². The summed E-state index contributed by atoms with van der Waals surface area (Å²) in [6.45, 7) is 2.03. The number of ketones is 1. The number of benzene rings is 2. The fourth-order valence-electron chi connectivity index (χ4n) is 4.47. The summed E-state index contributed by atoms with van der Waals surface area (Å²) < 4.78 is 0. The number of unbranched alkanes of at least 4 members (excludes halogenated alkanes) is 2. The molecule has 2 aromatic carbocycles. The molecule has 4 rings (SSSR count). The van der Waals surface area contributed by atoms with Gasteiger partial charge in [0.25, 0.3) is 5.91 Å². The van der Waals surface area contributed by atoms with E-state index < -0.39 is 6.04 Å². The maximum absolute atomic E-state index is 13.2. The van der Waals surface area contributed by atoms with Crippen LogP contribution in [0.5, 0.6) is 0 Å². The molecule has 0 saturated heterocycles. The minimum atomic E-state index is -0.650. The molecular weight excluding hydrogens is 484 g/mol. The molecule has 4 aromatic rings. The molecule has 0 aliphatic carbocycles. The predicted molar refractivity (Wildman–Crippen MR) is 148 cm³/mol. The third-order valence-corrected chi connectivity index (χ3v) is 7.12. The lowest BCUT2D eigenvalue weighted by Gasteiger charge is -2.18. The first-order valence-corrected chi connectivity index (χ1v) is 13.5. The molecule has 1 unspecified atom stereocenters. The largest absolute Gasteiger partial charge is 0.354 e. The fraction of sp³-hybridized carbons (Fsp3) is 0.310. The van der Waals surface area contributed by atoms with Gasteiger partial charge >= 0.3 is 0 Å². The van der Waals surface area contributed by atoms with Gasteiger partial charge in [0.2, 0.25) is 5.91 Å². The van der Waals surface area contributed by atoms with Crippen molar-refractivity contribution in [2.24, 2.45) is 0 Å². The van der Waals surface area contributed by atoms with Crippen LogP contribution in [0.3, 0.4) is 0 Å². The highest BCUT2D eigenvalue weighted by Crippen LogP contribution is 2.30. The molecule has 3 N–H and O–H groups in total. The van der Waals surface area contributed by atoms with Crippen molar-refractivity contribution >= 4 is 39.8 Å². The monoisotopic (exact) mass is 516 g/mol. The number of hydrogen-bond acceptors (Lipinski definition) is 5. The molecule has 7 nitrogen and oxygen atoms in total. The quantitative estimate of drug-likeness (QED) is 0.210. The van der Waals surface area contributed by atoms with Crippen LogP contribution in [0.4, 0.5) is 0 Å². The molecule has 192 valence electrons. The lowest BCUT2D eigenvalue weighted by molar-refractivity contribution is -0.123. The van der Waals surface area contributed by atoms with Crippen molar-refractivity contribution in [2.75, 3.05) is 6.54 Å². The number of para-hydroxylation sites is 1. The van der Waals surface area contributed by atoms with E-state index in [0.29, 0.717) is 30.7 Å². The van der Waals surface area contributed by atoms with E-state index in [2.05, 4.69) is 44.9 Å². The molecule has 0 fully saturated rings. The summed E-state index contributed by atoms with van der Waals surface area (Å²) in [5, 5.41) is 7.05. The zero-order valence-electron chi connectivity index (χ0n) is 21.0. The van der Waals surface area contributed by atoms with Gasteiger partial charge in [0.05, 0.1) is 11.7 Å². The lowest BCUT2D eigenvalue weighted by atomic mass is 10.0. The minimum Gasteiger partial charge on any atom is -0.354 e. The Morgan fingerprint density at radius 2 is 1.78 bits per heavy atom. The molecule has 0 aliphatic rings. The average Bonchev–Trinajstić information content (AvgIpc) is 3.57. The Kier molecular flexibility index (Phi) is 9.21. The molecule has 0 saturated carbocycles. The molecular formula is C29H32N4O3S. The molecule has 8 heteroatoms. The Bertz CT molecular complexity index is 1330. The first kappa shape index (κ1) is 26.3. The van der Waals surface area contributed by atoms with Crippen molar-refractivity contribution in [2.45, 2.75) is 51.5 Å². The van der Waals surface area contributed by atoms with Crippen LogP contribution >= 0.6 is 11.3 Å². The Morgan fingerprint density at radius 3 is 2.54 bits per heavy atom. The van der Waals surface area contributed by atoms with E-state index in [-0.39, 0.29) is 17.6 Å². The summed E-state index contributed by atoms with van der Waals surface area (Å²) in [5.41, 5.74) is 5.95. The second kappa shape index (κ2) is 13.0. The van der Waals surface area contributed by atoms with Crippen LogP contribution < -0.4 is 10.6 Å². The molecule has 37 heavy (non-hydrogen) atoms. The van der Waals surface area contributed by atoms with Gasteiger partial charge in [-0.2, -0.15) is 0 Å². The third-order valence-electron chi connectivity index (χ3n) is 6.35. The number of fused-ring (bicyclic) bond motifs is 1. The van der Waals surface area contributed by atoms with Crippen LogP contribution in [0.2, 0.25) is 0 Å². The van der Waals surface area contributed by atoms with Gasteiger partial charge in [-0.1, -0.05) is 61.4 Å². The smallest absolute Gasteiger partial charge is 0.263 e. The summed E-state index contributed by atoms with van der Waals surface area (Å²) in [6.07, 6.45) is 5.56. The number of amides is 2. The van der Waals surface area contributed by atoms with E-state index in [9.17, 15) is 14.4 Å². The second-order valence-corrected chi connectivity index (χ2v) is 10.0. The molecule has 2 heterocycles. The zero-order chi connectivity index (χ0) is 26.0. The number of nitrogens with zero attached hydrogens (tertiary/aromatic N) is 1. The van der Waals surface area contributed by atoms with E-state index in [1.54, 1.807) is 12.4 Å². The van der Waals surface area contributed by atoms with Crippen LogP contribution in [0.15, 0.2) is 66.3 Å². The summed E-state index contributed by atoms with van der Waals surface area (Å²) in [5.74, 6) is -0.333. The number of aromatic nitrogens is 2. The summed E-state index contributed by atoms with van der Waals surface area (Å²) in [6, 6.07) is 17.7. The molecule has 0 spiro atoms. The van der Waals surface area contributed by atoms with E-state index in [0.717, 1.165) is 47.0 Å². The first-order valence-electron chi connectivity index (χ1n) is 12.6. The van der Waals surface area contributed by atoms with Gasteiger partial charge in [-0.05, 0) is 43.4 Å². The highest BCUT2D eigenvalue weighted by molar-refractivity contribution is 7.11. The predicted octanol–water partition coefficient (Wildman–Crippen LogP) is 5.29. The van der Waals surface area contributed by atoms with Gasteiger partial charge in [-0.15, -0.1) is 11.3 Å². The minimum absolute atomic E-state index is 0.167. The molecule has 0 radical (unpaired) electrons. The standard InChI is InChI=1S/C29H32N4O3S/c1-20(34)10-4-2-7-15-25(33-29(36)26-18-30-19-37-26)28(35)31-17-16-23-22-13-8-9-14-24(22)32-27(23)21-11-5-3-6-12-21/h3,5-6,8-9,11-14,18-19,25,32H,2,4,7,10,15-17H2,1H3,(H,31,35)(H,33,36).